The molecule has 14 heteroatoms. The van der Waals surface area contributed by atoms with Crippen LogP contribution in [0.3, 0.4) is 0 Å². The molecule has 2 heterocycles. The SMILES string of the molecule is CC#CC(=O)NCCCN[C@@H](c1cc2c(c(C(F)(F)F)c1)CN(c1cccc(C3(c4nncn4C)CC(C)C3)c1)C2=O)C(F)(F)F. The first-order valence-electron chi connectivity index (χ1n) is 14.7. The van der Waals surface area contributed by atoms with E-state index in [4.69, 9.17) is 0 Å². The summed E-state index contributed by atoms with van der Waals surface area (Å²) in [4.78, 5) is 26.3. The molecule has 244 valence electrons. The third kappa shape index (κ3) is 6.33. The maximum absolute atomic E-state index is 14.3. The van der Waals surface area contributed by atoms with Crippen LogP contribution in [0.15, 0.2) is 42.7 Å². The lowest BCUT2D eigenvalue weighted by Crippen LogP contribution is -2.43. The summed E-state index contributed by atoms with van der Waals surface area (Å²) >= 11 is 0. The molecule has 2 amide bonds. The first kappa shape index (κ1) is 33.0. The Labute approximate surface area is 261 Å². The number of hydrogen-bond acceptors (Lipinski definition) is 5. The van der Waals surface area contributed by atoms with Gasteiger partial charge in [-0.2, -0.15) is 26.3 Å². The van der Waals surface area contributed by atoms with E-state index in [1.807, 2.05) is 17.7 Å². The van der Waals surface area contributed by atoms with Gasteiger partial charge < -0.3 is 20.1 Å². The zero-order chi connectivity index (χ0) is 33.4. The maximum Gasteiger partial charge on any atom is 0.416 e. The number of carbonyl (C=O) groups is 2. The number of fused-ring (bicyclic) bond motifs is 1. The van der Waals surface area contributed by atoms with E-state index in [1.54, 1.807) is 24.5 Å². The molecular weight excluding hydrogens is 614 g/mol. The number of alkyl halides is 6. The number of aromatic nitrogens is 3. The monoisotopic (exact) mass is 646 g/mol. The smallest absolute Gasteiger partial charge is 0.345 e. The van der Waals surface area contributed by atoms with Crippen LogP contribution in [-0.2, 0) is 30.0 Å². The van der Waals surface area contributed by atoms with Crippen LogP contribution < -0.4 is 15.5 Å². The normalized spacial score (nSPS) is 20.1. The molecule has 8 nitrogen and oxygen atoms in total. The average Bonchev–Trinajstić information content (AvgIpc) is 3.54. The van der Waals surface area contributed by atoms with Crippen molar-refractivity contribution in [1.29, 1.82) is 0 Å². The number of halogens is 6. The van der Waals surface area contributed by atoms with Gasteiger partial charge in [-0.3, -0.25) is 9.59 Å². The van der Waals surface area contributed by atoms with E-state index < -0.39 is 58.9 Å². The van der Waals surface area contributed by atoms with Gasteiger partial charge in [0.25, 0.3) is 11.8 Å². The van der Waals surface area contributed by atoms with Crippen LogP contribution in [0, 0.1) is 17.8 Å². The van der Waals surface area contributed by atoms with Gasteiger partial charge in [0, 0.05) is 24.8 Å². The lowest BCUT2D eigenvalue weighted by Gasteiger charge is -2.46. The van der Waals surface area contributed by atoms with Crippen LogP contribution in [0.2, 0.25) is 0 Å². The van der Waals surface area contributed by atoms with Gasteiger partial charge >= 0.3 is 12.4 Å². The van der Waals surface area contributed by atoms with Crippen LogP contribution in [0.5, 0.6) is 0 Å². The van der Waals surface area contributed by atoms with Crippen molar-refractivity contribution in [3.8, 4) is 11.8 Å². The molecule has 1 saturated carbocycles. The molecule has 2 aromatic carbocycles. The van der Waals surface area contributed by atoms with Crippen molar-refractivity contribution >= 4 is 17.5 Å². The fourth-order valence-electron chi connectivity index (χ4n) is 6.54. The number of anilines is 1. The van der Waals surface area contributed by atoms with E-state index in [2.05, 4.69) is 39.6 Å². The van der Waals surface area contributed by atoms with Gasteiger partial charge in [0.15, 0.2) is 0 Å². The molecule has 0 unspecified atom stereocenters. The van der Waals surface area contributed by atoms with Gasteiger partial charge in [0.1, 0.15) is 18.2 Å². The minimum atomic E-state index is -5.02. The maximum atomic E-state index is 14.3. The highest BCUT2D eigenvalue weighted by Crippen LogP contribution is 2.52. The summed E-state index contributed by atoms with van der Waals surface area (Å²) in [7, 11) is 1.82. The largest absolute Gasteiger partial charge is 0.416 e. The Morgan fingerprint density at radius 2 is 1.87 bits per heavy atom. The predicted molar refractivity (Wildman–Crippen MR) is 156 cm³/mol. The van der Waals surface area contributed by atoms with Crippen molar-refractivity contribution in [2.45, 2.75) is 63.5 Å². The van der Waals surface area contributed by atoms with Crippen molar-refractivity contribution in [3.05, 3.63) is 76.4 Å². The Morgan fingerprint density at radius 1 is 1.13 bits per heavy atom. The number of nitrogens with zero attached hydrogens (tertiary/aromatic N) is 4. The van der Waals surface area contributed by atoms with Gasteiger partial charge in [-0.1, -0.05) is 25.0 Å². The van der Waals surface area contributed by atoms with Crippen molar-refractivity contribution < 1.29 is 35.9 Å². The fraction of sp³-hybridized carbons (Fsp3) is 0.438. The first-order chi connectivity index (χ1) is 21.7. The molecule has 0 bridgehead atoms. The number of carbonyl (C=O) groups excluding carboxylic acids is 2. The number of benzene rings is 2. The minimum Gasteiger partial charge on any atom is -0.345 e. The van der Waals surface area contributed by atoms with Crippen molar-refractivity contribution in [2.75, 3.05) is 18.0 Å². The van der Waals surface area contributed by atoms with Crippen LogP contribution >= 0.6 is 0 Å². The zero-order valence-corrected chi connectivity index (χ0v) is 25.3. The molecule has 5 rings (SSSR count). The van der Waals surface area contributed by atoms with Gasteiger partial charge in [-0.25, -0.2) is 0 Å². The highest BCUT2D eigenvalue weighted by Gasteiger charge is 2.49. The van der Waals surface area contributed by atoms with Crippen LogP contribution in [-0.4, -0.2) is 45.8 Å². The minimum absolute atomic E-state index is 0.00639. The van der Waals surface area contributed by atoms with E-state index in [-0.39, 0.29) is 25.1 Å². The molecule has 0 spiro atoms. The Bertz CT molecular complexity index is 1700. The molecule has 46 heavy (non-hydrogen) atoms. The van der Waals surface area contributed by atoms with E-state index in [1.165, 1.54) is 6.92 Å². The highest BCUT2D eigenvalue weighted by molar-refractivity contribution is 6.10. The molecule has 1 aromatic heterocycles. The second-order valence-corrected chi connectivity index (χ2v) is 11.8. The van der Waals surface area contributed by atoms with Crippen LogP contribution in [0.25, 0.3) is 0 Å². The third-order valence-electron chi connectivity index (χ3n) is 8.50. The Balaban J connectivity index is 1.45. The van der Waals surface area contributed by atoms with Gasteiger partial charge in [-0.15, -0.1) is 10.2 Å². The quantitative estimate of drug-likeness (QED) is 0.184. The number of amides is 2. The number of rotatable bonds is 9. The molecule has 1 aliphatic carbocycles. The number of hydrogen-bond donors (Lipinski definition) is 2. The van der Waals surface area contributed by atoms with Gasteiger partial charge in [0.2, 0.25) is 0 Å². The second kappa shape index (κ2) is 12.4. The molecule has 0 radical (unpaired) electrons. The Kier molecular flexibility index (Phi) is 8.92. The summed E-state index contributed by atoms with van der Waals surface area (Å²) in [5, 5.41) is 13.0. The molecular formula is C32H32F6N6O2. The standard InChI is InChI=1S/C32H32F6N6O2/c1-4-7-26(45)39-10-6-11-40-27(32(36,37)38)20-12-23-24(25(13-20)31(33,34)35)17-44(28(23)46)22-9-5-8-21(14-22)30(15-19(2)16-30)29-42-41-18-43(29)3/h5,8-9,12-14,18-19,27,40H,6,10-11,15-17H2,1-3H3,(H,39,45)/t19?,27-,30?/m0/s1. The summed E-state index contributed by atoms with van der Waals surface area (Å²) in [6.07, 6.45) is -6.84. The highest BCUT2D eigenvalue weighted by atomic mass is 19.4. The van der Waals surface area contributed by atoms with Crippen LogP contribution in [0.4, 0.5) is 32.0 Å². The summed E-state index contributed by atoms with van der Waals surface area (Å²) in [6.45, 7) is 2.83. The van der Waals surface area contributed by atoms with E-state index >= 15 is 0 Å². The number of nitrogens with one attached hydrogen (secondary N) is 2. The van der Waals surface area contributed by atoms with Crippen molar-refractivity contribution in [2.24, 2.45) is 13.0 Å². The third-order valence-corrected chi connectivity index (χ3v) is 8.50. The number of aryl methyl sites for hydroxylation is 1. The predicted octanol–water partition coefficient (Wildman–Crippen LogP) is 5.43. The van der Waals surface area contributed by atoms with E-state index in [0.717, 1.165) is 35.2 Å². The molecule has 3 aromatic rings. The lowest BCUT2D eigenvalue weighted by molar-refractivity contribution is -0.158. The topological polar surface area (TPSA) is 92.2 Å². The summed E-state index contributed by atoms with van der Waals surface area (Å²) in [5.41, 5.74) is -2.19. The molecule has 2 N–H and O–H groups in total. The first-order valence-corrected chi connectivity index (χ1v) is 14.7. The lowest BCUT2D eigenvalue weighted by atomic mass is 9.58. The average molecular weight is 647 g/mol. The molecule has 2 aliphatic rings. The molecule has 1 atom stereocenters. The molecule has 1 fully saturated rings. The van der Waals surface area contributed by atoms with E-state index in [0.29, 0.717) is 17.7 Å². The van der Waals surface area contributed by atoms with Gasteiger partial charge in [0.05, 0.1) is 17.5 Å². The van der Waals surface area contributed by atoms with Gasteiger partial charge in [-0.05, 0) is 85.5 Å². The summed E-state index contributed by atoms with van der Waals surface area (Å²) < 4.78 is 87.4. The summed E-state index contributed by atoms with van der Waals surface area (Å²) in [6, 6.07) is 5.80. The Hall–Kier alpha value is -4.38. The summed E-state index contributed by atoms with van der Waals surface area (Å²) in [5.74, 6) is 4.32. The Morgan fingerprint density at radius 3 is 2.48 bits per heavy atom. The fourth-order valence-corrected chi connectivity index (χ4v) is 6.54. The van der Waals surface area contributed by atoms with Crippen molar-refractivity contribution in [1.82, 2.24) is 25.4 Å². The van der Waals surface area contributed by atoms with Crippen LogP contribution in [0.1, 0.15) is 77.6 Å². The van der Waals surface area contributed by atoms with E-state index in [9.17, 15) is 35.9 Å². The zero-order valence-electron chi connectivity index (χ0n) is 25.3. The molecule has 1 aliphatic heterocycles. The second-order valence-electron chi connectivity index (χ2n) is 11.8. The van der Waals surface area contributed by atoms with Crippen molar-refractivity contribution in [3.63, 3.8) is 0 Å². The molecule has 0 saturated heterocycles.